The van der Waals surface area contributed by atoms with Crippen molar-refractivity contribution >= 4 is 52.0 Å². The van der Waals surface area contributed by atoms with E-state index in [-0.39, 0.29) is 17.2 Å². The first-order valence-corrected chi connectivity index (χ1v) is 9.91. The lowest BCUT2D eigenvalue weighted by Crippen LogP contribution is -2.32. The standard InChI is InChI=1S/C24H18ClN3O3/c1-15(29)26-17-11-13-18(14-12-17)27-22-21(16-7-3-2-4-8-16)23(30)28(24(22)31)20-10-6-5-9-19(20)25/h2-14,27H,1H3,(H,26,29). The Bertz CT molecular complexity index is 1200. The fraction of sp³-hybridized carbons (Fsp3) is 0.0417. The quantitative estimate of drug-likeness (QED) is 0.574. The third-order valence-corrected chi connectivity index (χ3v) is 5.03. The van der Waals surface area contributed by atoms with Crippen LogP contribution in [0.5, 0.6) is 0 Å². The van der Waals surface area contributed by atoms with E-state index >= 15 is 0 Å². The summed E-state index contributed by atoms with van der Waals surface area (Å²) in [6.07, 6.45) is 0. The molecule has 2 N–H and O–H groups in total. The van der Waals surface area contributed by atoms with E-state index in [0.717, 1.165) is 4.90 Å². The molecule has 0 saturated carbocycles. The number of benzene rings is 3. The number of rotatable bonds is 5. The molecule has 1 aliphatic heterocycles. The number of para-hydroxylation sites is 1. The normalized spacial score (nSPS) is 13.5. The van der Waals surface area contributed by atoms with Gasteiger partial charge in [-0.25, -0.2) is 4.90 Å². The van der Waals surface area contributed by atoms with Crippen LogP contribution in [0.25, 0.3) is 5.57 Å². The smallest absolute Gasteiger partial charge is 0.282 e. The molecule has 3 aromatic rings. The minimum atomic E-state index is -0.497. The second kappa shape index (κ2) is 8.45. The SMILES string of the molecule is CC(=O)Nc1ccc(NC2=C(c3ccccc3)C(=O)N(c3ccccc3Cl)C2=O)cc1. The third kappa shape index (κ3) is 4.06. The van der Waals surface area contributed by atoms with Gasteiger partial charge in [0.1, 0.15) is 5.70 Å². The van der Waals surface area contributed by atoms with E-state index in [2.05, 4.69) is 10.6 Å². The van der Waals surface area contributed by atoms with Crippen LogP contribution in [0.3, 0.4) is 0 Å². The fourth-order valence-electron chi connectivity index (χ4n) is 3.35. The number of hydrogen-bond donors (Lipinski definition) is 2. The van der Waals surface area contributed by atoms with Crippen LogP contribution in [-0.4, -0.2) is 17.7 Å². The number of amides is 3. The molecular weight excluding hydrogens is 414 g/mol. The highest BCUT2D eigenvalue weighted by Gasteiger charge is 2.40. The van der Waals surface area contributed by atoms with Crippen molar-refractivity contribution in [1.82, 2.24) is 0 Å². The maximum absolute atomic E-state index is 13.3. The van der Waals surface area contributed by atoms with Crippen molar-refractivity contribution in [3.63, 3.8) is 0 Å². The summed E-state index contributed by atoms with van der Waals surface area (Å²) in [5.41, 5.74) is 2.58. The van der Waals surface area contributed by atoms with Gasteiger partial charge in [0.2, 0.25) is 5.91 Å². The van der Waals surface area contributed by atoms with Crippen LogP contribution >= 0.6 is 11.6 Å². The number of halogens is 1. The Morgan fingerprint density at radius 2 is 1.42 bits per heavy atom. The molecule has 6 nitrogen and oxygen atoms in total. The average molecular weight is 432 g/mol. The maximum atomic E-state index is 13.3. The van der Waals surface area contributed by atoms with Gasteiger partial charge in [-0.2, -0.15) is 0 Å². The Morgan fingerprint density at radius 1 is 0.806 bits per heavy atom. The van der Waals surface area contributed by atoms with Gasteiger partial charge < -0.3 is 10.6 Å². The fourth-order valence-corrected chi connectivity index (χ4v) is 3.57. The summed E-state index contributed by atoms with van der Waals surface area (Å²) >= 11 is 6.28. The zero-order valence-electron chi connectivity index (χ0n) is 16.6. The van der Waals surface area contributed by atoms with Crippen LogP contribution in [-0.2, 0) is 14.4 Å². The Labute approximate surface area is 184 Å². The van der Waals surface area contributed by atoms with Crippen molar-refractivity contribution < 1.29 is 14.4 Å². The molecule has 31 heavy (non-hydrogen) atoms. The lowest BCUT2D eigenvalue weighted by atomic mass is 10.0. The van der Waals surface area contributed by atoms with Gasteiger partial charge in [-0.05, 0) is 42.0 Å². The van der Waals surface area contributed by atoms with Crippen molar-refractivity contribution in [2.24, 2.45) is 0 Å². The molecule has 3 amide bonds. The first kappa shape index (κ1) is 20.4. The molecule has 1 aliphatic rings. The van der Waals surface area contributed by atoms with Crippen LogP contribution in [0.15, 0.2) is 84.6 Å². The molecule has 0 aromatic heterocycles. The predicted molar refractivity (Wildman–Crippen MR) is 122 cm³/mol. The summed E-state index contributed by atoms with van der Waals surface area (Å²) in [5.74, 6) is -1.13. The van der Waals surface area contributed by atoms with Gasteiger partial charge in [-0.15, -0.1) is 0 Å². The first-order chi connectivity index (χ1) is 15.0. The summed E-state index contributed by atoms with van der Waals surface area (Å²) in [5, 5.41) is 6.07. The van der Waals surface area contributed by atoms with Crippen LogP contribution in [0.2, 0.25) is 5.02 Å². The minimum Gasteiger partial charge on any atom is -0.350 e. The Balaban J connectivity index is 1.75. The molecule has 0 aliphatic carbocycles. The molecule has 0 bridgehead atoms. The summed E-state index contributed by atoms with van der Waals surface area (Å²) in [7, 11) is 0. The zero-order valence-corrected chi connectivity index (χ0v) is 17.3. The summed E-state index contributed by atoms with van der Waals surface area (Å²) in [4.78, 5) is 39.0. The number of carbonyl (C=O) groups excluding carboxylic acids is 3. The number of hydrogen-bond acceptors (Lipinski definition) is 4. The van der Waals surface area contributed by atoms with Gasteiger partial charge in [0, 0.05) is 18.3 Å². The van der Waals surface area contributed by atoms with Crippen molar-refractivity contribution in [3.05, 3.63) is 95.1 Å². The number of carbonyl (C=O) groups is 3. The summed E-state index contributed by atoms with van der Waals surface area (Å²) in [6, 6.07) is 22.6. The van der Waals surface area contributed by atoms with Gasteiger partial charge in [0.05, 0.1) is 16.3 Å². The van der Waals surface area contributed by atoms with Crippen LogP contribution in [0.4, 0.5) is 17.1 Å². The van der Waals surface area contributed by atoms with E-state index in [1.54, 1.807) is 72.8 Å². The monoisotopic (exact) mass is 431 g/mol. The van der Waals surface area contributed by atoms with Gasteiger partial charge in [-0.3, -0.25) is 14.4 Å². The molecule has 0 spiro atoms. The topological polar surface area (TPSA) is 78.5 Å². The molecule has 1 heterocycles. The highest BCUT2D eigenvalue weighted by Crippen LogP contribution is 2.36. The van der Waals surface area contributed by atoms with E-state index in [9.17, 15) is 14.4 Å². The first-order valence-electron chi connectivity index (χ1n) is 9.53. The van der Waals surface area contributed by atoms with Crippen molar-refractivity contribution in [2.45, 2.75) is 6.92 Å². The van der Waals surface area contributed by atoms with E-state index < -0.39 is 11.8 Å². The molecule has 0 unspecified atom stereocenters. The van der Waals surface area contributed by atoms with Crippen LogP contribution in [0, 0.1) is 0 Å². The molecule has 154 valence electrons. The minimum absolute atomic E-state index is 0.156. The molecular formula is C24H18ClN3O3. The van der Waals surface area contributed by atoms with Gasteiger partial charge >= 0.3 is 0 Å². The van der Waals surface area contributed by atoms with E-state index in [0.29, 0.717) is 27.6 Å². The largest absolute Gasteiger partial charge is 0.350 e. The van der Waals surface area contributed by atoms with Crippen LogP contribution in [0.1, 0.15) is 12.5 Å². The molecule has 4 rings (SSSR count). The molecule has 0 atom stereocenters. The summed E-state index contributed by atoms with van der Waals surface area (Å²) < 4.78 is 0. The molecule has 0 fully saturated rings. The van der Waals surface area contributed by atoms with Crippen molar-refractivity contribution in [3.8, 4) is 0 Å². The second-order valence-corrected chi connectivity index (χ2v) is 7.30. The molecule has 7 heteroatoms. The van der Waals surface area contributed by atoms with Crippen molar-refractivity contribution in [1.29, 1.82) is 0 Å². The van der Waals surface area contributed by atoms with Crippen molar-refractivity contribution in [2.75, 3.05) is 15.5 Å². The molecule has 0 saturated heterocycles. The average Bonchev–Trinajstić information content (AvgIpc) is 3.00. The Kier molecular flexibility index (Phi) is 5.56. The van der Waals surface area contributed by atoms with Gasteiger partial charge in [0.15, 0.2) is 0 Å². The van der Waals surface area contributed by atoms with Crippen LogP contribution < -0.4 is 15.5 Å². The van der Waals surface area contributed by atoms with E-state index in [4.69, 9.17) is 11.6 Å². The second-order valence-electron chi connectivity index (χ2n) is 6.90. The Morgan fingerprint density at radius 3 is 2.06 bits per heavy atom. The maximum Gasteiger partial charge on any atom is 0.282 e. The molecule has 3 aromatic carbocycles. The van der Waals surface area contributed by atoms with E-state index in [1.165, 1.54) is 6.92 Å². The number of nitrogens with zero attached hydrogens (tertiary/aromatic N) is 1. The predicted octanol–water partition coefficient (Wildman–Crippen LogP) is 4.70. The number of nitrogens with one attached hydrogen (secondary N) is 2. The number of anilines is 3. The Hall–Kier alpha value is -3.90. The van der Waals surface area contributed by atoms with Gasteiger partial charge in [-0.1, -0.05) is 54.1 Å². The van der Waals surface area contributed by atoms with E-state index in [1.807, 2.05) is 6.07 Å². The zero-order chi connectivity index (χ0) is 22.0. The third-order valence-electron chi connectivity index (χ3n) is 4.71. The molecule has 0 radical (unpaired) electrons. The number of imide groups is 1. The highest BCUT2D eigenvalue weighted by molar-refractivity contribution is 6.48. The highest BCUT2D eigenvalue weighted by atomic mass is 35.5. The summed E-state index contributed by atoms with van der Waals surface area (Å²) in [6.45, 7) is 1.43. The lowest BCUT2D eigenvalue weighted by Gasteiger charge is -2.16. The lowest BCUT2D eigenvalue weighted by molar-refractivity contribution is -0.120. The van der Waals surface area contributed by atoms with Gasteiger partial charge in [0.25, 0.3) is 11.8 Å².